The molecule has 232 valence electrons. The lowest BCUT2D eigenvalue weighted by Crippen LogP contribution is -2.85. The van der Waals surface area contributed by atoms with E-state index in [4.69, 9.17) is 23.7 Å². The fourth-order valence-corrected chi connectivity index (χ4v) is 8.18. The molecule has 0 amide bonds. The fourth-order valence-electron chi connectivity index (χ4n) is 8.18. The summed E-state index contributed by atoms with van der Waals surface area (Å²) in [7, 11) is 1.58. The first-order chi connectivity index (χ1) is 19.5. The van der Waals surface area contributed by atoms with E-state index >= 15 is 0 Å². The lowest BCUT2D eigenvalue weighted by atomic mass is 9.40. The van der Waals surface area contributed by atoms with Crippen LogP contribution in [0.3, 0.4) is 0 Å². The molecule has 3 fully saturated rings. The largest absolute Gasteiger partial charge is 0.497 e. The molecule has 42 heavy (non-hydrogen) atoms. The molecule has 4 rings (SSSR count). The number of aliphatic hydroxyl groups excluding tert-OH is 1. The Bertz CT molecular complexity index is 1230. The predicted octanol–water partition coefficient (Wildman–Crippen LogP) is 3.30. The average Bonchev–Trinajstić information content (AvgIpc) is 2.88. The number of aliphatic hydroxyl groups is 2. The Labute approximate surface area is 247 Å². The van der Waals surface area contributed by atoms with Gasteiger partial charge in [0.25, 0.3) is 0 Å². The molecule has 2 N–H and O–H groups in total. The molecule has 10 heteroatoms. The number of ketones is 1. The third-order valence-corrected chi connectivity index (χ3v) is 9.70. The zero-order valence-corrected chi connectivity index (χ0v) is 25.6. The predicted molar refractivity (Wildman–Crippen MR) is 151 cm³/mol. The molecule has 10 nitrogen and oxygen atoms in total. The minimum Gasteiger partial charge on any atom is -0.497 e. The summed E-state index contributed by atoms with van der Waals surface area (Å²) in [6, 6.07) is 7.28. The van der Waals surface area contributed by atoms with Crippen LogP contribution in [0.15, 0.2) is 36.9 Å². The van der Waals surface area contributed by atoms with E-state index in [0.29, 0.717) is 12.2 Å². The Morgan fingerprint density at radius 1 is 1.10 bits per heavy atom. The second-order valence-electron chi connectivity index (χ2n) is 13.3. The summed E-state index contributed by atoms with van der Waals surface area (Å²) in [5.74, 6) is -1.77. The highest BCUT2D eigenvalue weighted by molar-refractivity contribution is 5.92. The van der Waals surface area contributed by atoms with Gasteiger partial charge in [-0.25, -0.2) is 4.79 Å². The molecule has 1 saturated heterocycles. The van der Waals surface area contributed by atoms with Crippen molar-refractivity contribution in [3.63, 3.8) is 0 Å². The first kappa shape index (κ1) is 32.1. The van der Waals surface area contributed by atoms with Gasteiger partial charge in [-0.05, 0) is 49.8 Å². The Balaban J connectivity index is 1.61. The van der Waals surface area contributed by atoms with E-state index < -0.39 is 69.6 Å². The lowest BCUT2D eigenvalue weighted by molar-refractivity contribution is -0.361. The number of fused-ring (bicyclic) bond motifs is 3. The van der Waals surface area contributed by atoms with Crippen LogP contribution in [0.2, 0.25) is 0 Å². The molecule has 1 heterocycles. The van der Waals surface area contributed by atoms with Crippen LogP contribution in [-0.4, -0.2) is 76.8 Å². The van der Waals surface area contributed by atoms with Crippen LogP contribution in [0.1, 0.15) is 66.4 Å². The van der Waals surface area contributed by atoms with Crippen molar-refractivity contribution in [2.75, 3.05) is 13.7 Å². The summed E-state index contributed by atoms with van der Waals surface area (Å²) in [6.45, 7) is 13.6. The molecule has 3 aliphatic rings. The maximum Gasteiger partial charge on any atom is 0.332 e. The topological polar surface area (TPSA) is 138 Å². The molecule has 2 saturated carbocycles. The van der Waals surface area contributed by atoms with Gasteiger partial charge in [-0.15, -0.1) is 6.58 Å². The van der Waals surface area contributed by atoms with E-state index in [-0.39, 0.29) is 26.1 Å². The quantitative estimate of drug-likeness (QED) is 0.344. The van der Waals surface area contributed by atoms with E-state index in [1.165, 1.54) is 19.9 Å². The van der Waals surface area contributed by atoms with Gasteiger partial charge < -0.3 is 33.9 Å². The van der Waals surface area contributed by atoms with Crippen LogP contribution in [-0.2, 0) is 39.9 Å². The molecule has 0 radical (unpaired) electrons. The molecule has 1 aromatic rings. The SMILES string of the molecule is C=C[C@@]1(C)CC(=O)[C@]2(O)[C@@]3(C)CC(OC(=O)COCc4ccc(OC)cc4)CC(C)(C)[C@@H]3[C@H](O)[C@H](OC(C)=O)[C@@]2(C)O1. The first-order valence-electron chi connectivity index (χ1n) is 14.3. The zero-order chi connectivity index (χ0) is 31.3. The van der Waals surface area contributed by atoms with Gasteiger partial charge in [0.2, 0.25) is 0 Å². The van der Waals surface area contributed by atoms with Gasteiger partial charge >= 0.3 is 11.9 Å². The molecule has 2 aliphatic carbocycles. The Morgan fingerprint density at radius 3 is 2.31 bits per heavy atom. The summed E-state index contributed by atoms with van der Waals surface area (Å²) >= 11 is 0. The van der Waals surface area contributed by atoms with Crippen molar-refractivity contribution in [1.29, 1.82) is 0 Å². The summed E-state index contributed by atoms with van der Waals surface area (Å²) in [5.41, 5.74) is -6.41. The monoisotopic (exact) mass is 588 g/mol. The van der Waals surface area contributed by atoms with Gasteiger partial charge in [-0.3, -0.25) is 9.59 Å². The fraction of sp³-hybridized carbons (Fsp3) is 0.656. The molecule has 1 unspecified atom stereocenters. The summed E-state index contributed by atoms with van der Waals surface area (Å²) < 4.78 is 28.7. The van der Waals surface area contributed by atoms with Crippen molar-refractivity contribution < 1.29 is 48.3 Å². The van der Waals surface area contributed by atoms with Crippen LogP contribution >= 0.6 is 0 Å². The Morgan fingerprint density at radius 2 is 1.74 bits per heavy atom. The van der Waals surface area contributed by atoms with Crippen molar-refractivity contribution in [2.24, 2.45) is 16.7 Å². The number of methoxy groups -OCH3 is 1. The number of Topliss-reactive ketones (excluding diaryl/α,β-unsaturated/α-hetero) is 1. The van der Waals surface area contributed by atoms with Crippen LogP contribution in [0.25, 0.3) is 0 Å². The van der Waals surface area contributed by atoms with Crippen LogP contribution in [0.5, 0.6) is 5.75 Å². The molecular weight excluding hydrogens is 544 g/mol. The molecule has 0 bridgehead atoms. The van der Waals surface area contributed by atoms with Gasteiger partial charge in [0.15, 0.2) is 17.5 Å². The summed E-state index contributed by atoms with van der Waals surface area (Å²) in [6.07, 6.45) is -1.60. The van der Waals surface area contributed by atoms with Gasteiger partial charge in [0.05, 0.1) is 25.4 Å². The number of carbonyl (C=O) groups is 3. The Hall–Kier alpha value is -2.79. The number of hydrogen-bond acceptors (Lipinski definition) is 10. The van der Waals surface area contributed by atoms with Gasteiger partial charge in [0, 0.05) is 24.7 Å². The first-order valence-corrected chi connectivity index (χ1v) is 14.3. The van der Waals surface area contributed by atoms with Crippen LogP contribution in [0, 0.1) is 16.7 Å². The van der Waals surface area contributed by atoms with Crippen molar-refractivity contribution in [1.82, 2.24) is 0 Å². The van der Waals surface area contributed by atoms with Crippen molar-refractivity contribution in [3.8, 4) is 5.75 Å². The lowest BCUT2D eigenvalue weighted by Gasteiger charge is -2.70. The van der Waals surface area contributed by atoms with Crippen molar-refractivity contribution in [2.45, 2.75) is 103 Å². The van der Waals surface area contributed by atoms with E-state index in [2.05, 4.69) is 6.58 Å². The molecule has 0 spiro atoms. The van der Waals surface area contributed by atoms with Crippen LogP contribution < -0.4 is 4.74 Å². The molecule has 0 aromatic heterocycles. The number of esters is 2. The second-order valence-corrected chi connectivity index (χ2v) is 13.3. The molecule has 1 aliphatic heterocycles. The van der Waals surface area contributed by atoms with E-state index in [0.717, 1.165) is 5.56 Å². The highest BCUT2D eigenvalue weighted by atomic mass is 16.6. The number of carbonyl (C=O) groups excluding carboxylic acids is 3. The number of rotatable bonds is 8. The second kappa shape index (κ2) is 11.0. The zero-order valence-electron chi connectivity index (χ0n) is 25.6. The van der Waals surface area contributed by atoms with Gasteiger partial charge in [0.1, 0.15) is 24.1 Å². The maximum atomic E-state index is 14.0. The molecule has 8 atom stereocenters. The van der Waals surface area contributed by atoms with Crippen molar-refractivity contribution in [3.05, 3.63) is 42.5 Å². The maximum absolute atomic E-state index is 14.0. The minimum absolute atomic E-state index is 0.0706. The number of benzene rings is 1. The Kier molecular flexibility index (Phi) is 8.45. The molecular formula is C32H44O10. The van der Waals surface area contributed by atoms with E-state index in [9.17, 15) is 24.6 Å². The van der Waals surface area contributed by atoms with Crippen molar-refractivity contribution >= 4 is 17.7 Å². The molecule has 1 aromatic carbocycles. The summed E-state index contributed by atoms with van der Waals surface area (Å²) in [5, 5.41) is 24.5. The highest BCUT2D eigenvalue weighted by Crippen LogP contribution is 2.67. The number of hydrogen-bond donors (Lipinski definition) is 2. The summed E-state index contributed by atoms with van der Waals surface area (Å²) in [4.78, 5) is 39.2. The van der Waals surface area contributed by atoms with E-state index in [1.807, 2.05) is 26.0 Å². The standard InChI is InChI=1S/C32H44O10/c1-9-29(5)16-23(34)32(37)30(6)15-22(41-24(35)18-39-17-20-10-12-21(38-8)13-11-20)14-28(3,4)26(30)25(36)27(40-19(2)33)31(32,7)42-29/h9-13,22,25-27,36-37H,1,14-18H2,2-8H3/t22?,25-,26-,27-,29-,30-,31+,32-/m0/s1. The third kappa shape index (κ3) is 5.16. The van der Waals surface area contributed by atoms with Gasteiger partial charge in [-0.2, -0.15) is 0 Å². The van der Waals surface area contributed by atoms with Crippen LogP contribution in [0.4, 0.5) is 0 Å². The third-order valence-electron chi connectivity index (χ3n) is 9.70. The minimum atomic E-state index is -2.19. The van der Waals surface area contributed by atoms with Gasteiger partial charge in [-0.1, -0.05) is 39.0 Å². The number of ether oxygens (including phenoxy) is 5. The normalized spacial score (nSPS) is 38.9. The average molecular weight is 589 g/mol. The smallest absolute Gasteiger partial charge is 0.332 e. The highest BCUT2D eigenvalue weighted by Gasteiger charge is 2.80. The van der Waals surface area contributed by atoms with E-state index in [1.54, 1.807) is 33.1 Å².